The van der Waals surface area contributed by atoms with E-state index in [9.17, 15) is 14.7 Å². The highest BCUT2D eigenvalue weighted by atomic mass is 35.5. The molecule has 0 saturated carbocycles. The first-order valence-electron chi connectivity index (χ1n) is 11.5. The molecule has 0 radical (unpaired) electrons. The summed E-state index contributed by atoms with van der Waals surface area (Å²) in [6.07, 6.45) is -1.53. The number of thioether (sulfide) groups is 2. The number of piperazine rings is 1. The number of fused-ring (bicyclic) bond motifs is 4. The van der Waals surface area contributed by atoms with Crippen LogP contribution < -0.4 is 14.2 Å². The van der Waals surface area contributed by atoms with Crippen LogP contribution in [0.25, 0.3) is 0 Å². The fourth-order valence-corrected chi connectivity index (χ4v) is 7.99. The standard InChI is InChI=1S/C25H29ClN2O8S2/c1-27-22-21(30)28(2)25(24(27)31,38-23(37-22)14-6-8-15(34-5)9-7-14)20(29)16-10-17(26)19(36-13-33-4)11-18(16)35-12-32-3/h6-11,20,22-23,29H,12-13H2,1-5H3/t20?,22-,23+,25-/m0/s1. The van der Waals surface area contributed by atoms with Gasteiger partial charge in [-0.1, -0.05) is 23.7 Å². The molecule has 5 rings (SSSR count). The number of nitrogens with zero attached hydrogens (tertiary/aromatic N) is 2. The Hall–Kier alpha value is -2.35. The molecule has 10 nitrogen and oxygen atoms in total. The van der Waals surface area contributed by atoms with E-state index in [2.05, 4.69) is 0 Å². The number of amides is 2. The van der Waals surface area contributed by atoms with Crippen molar-refractivity contribution in [2.75, 3.05) is 49.0 Å². The highest BCUT2D eigenvalue weighted by Gasteiger charge is 2.63. The van der Waals surface area contributed by atoms with Crippen molar-refractivity contribution in [1.82, 2.24) is 9.80 Å². The first-order valence-corrected chi connectivity index (χ1v) is 13.7. The highest BCUT2D eigenvalue weighted by molar-refractivity contribution is 8.18. The average Bonchev–Trinajstić information content (AvgIpc) is 3.12. The van der Waals surface area contributed by atoms with E-state index in [-0.39, 0.29) is 46.2 Å². The smallest absolute Gasteiger partial charge is 0.263 e. The second kappa shape index (κ2) is 11.8. The van der Waals surface area contributed by atoms with Gasteiger partial charge in [-0.15, -0.1) is 23.5 Å². The summed E-state index contributed by atoms with van der Waals surface area (Å²) in [5.74, 6) is 0.400. The van der Waals surface area contributed by atoms with Crippen LogP contribution in [0, 0.1) is 0 Å². The van der Waals surface area contributed by atoms with Crippen LogP contribution in [0.5, 0.6) is 17.2 Å². The average molecular weight is 585 g/mol. The lowest BCUT2D eigenvalue weighted by Crippen LogP contribution is -2.68. The van der Waals surface area contributed by atoms with E-state index in [1.54, 1.807) is 14.2 Å². The Kier molecular flexibility index (Phi) is 8.90. The van der Waals surface area contributed by atoms with Gasteiger partial charge in [-0.25, -0.2) is 0 Å². The maximum absolute atomic E-state index is 14.0. The Bertz CT molecular complexity index is 1190. The molecule has 3 aliphatic rings. The van der Waals surface area contributed by atoms with Gasteiger partial charge in [0.25, 0.3) is 11.8 Å². The lowest BCUT2D eigenvalue weighted by Gasteiger charge is -2.48. The molecule has 2 amide bonds. The summed E-state index contributed by atoms with van der Waals surface area (Å²) in [4.78, 5) is 28.5. The topological polar surface area (TPSA) is 107 Å². The van der Waals surface area contributed by atoms with Gasteiger partial charge in [0.2, 0.25) is 0 Å². The molecule has 0 aliphatic carbocycles. The van der Waals surface area contributed by atoms with Crippen molar-refractivity contribution in [3.8, 4) is 17.2 Å². The summed E-state index contributed by atoms with van der Waals surface area (Å²) in [6.45, 7) is -0.200. The minimum Gasteiger partial charge on any atom is -0.497 e. The van der Waals surface area contributed by atoms with E-state index in [1.165, 1.54) is 66.7 Å². The maximum atomic E-state index is 14.0. The molecule has 3 aliphatic heterocycles. The number of carbonyl (C=O) groups is 2. The monoisotopic (exact) mass is 584 g/mol. The van der Waals surface area contributed by atoms with Crippen molar-refractivity contribution in [3.05, 3.63) is 52.5 Å². The zero-order valence-corrected chi connectivity index (χ0v) is 23.9. The van der Waals surface area contributed by atoms with E-state index in [0.717, 1.165) is 5.56 Å². The first kappa shape index (κ1) is 28.7. The predicted molar refractivity (Wildman–Crippen MR) is 144 cm³/mol. The quantitative estimate of drug-likeness (QED) is 0.417. The third-order valence-corrected chi connectivity index (χ3v) is 10.1. The number of hydrogen-bond donors (Lipinski definition) is 1. The normalized spacial score (nSPS) is 23.9. The fourth-order valence-electron chi connectivity index (χ4n) is 4.31. The third kappa shape index (κ3) is 5.01. The molecule has 13 heteroatoms. The molecule has 2 aromatic rings. The van der Waals surface area contributed by atoms with Crippen molar-refractivity contribution in [3.63, 3.8) is 0 Å². The Morgan fingerprint density at radius 2 is 1.66 bits per heavy atom. The SMILES string of the molecule is COCOc1cc(OCOC)c(C(O)[C@@]23S[C@H](c4ccc(OC)cc4)S[C@@H](C(=O)N2C)N(C)C3=O)cc1Cl. The number of rotatable bonds is 10. The zero-order chi connectivity index (χ0) is 27.6. The van der Waals surface area contributed by atoms with Crippen molar-refractivity contribution in [2.45, 2.75) is 20.9 Å². The van der Waals surface area contributed by atoms with Crippen LogP contribution in [-0.2, 0) is 19.1 Å². The number of methoxy groups -OCH3 is 3. The lowest BCUT2D eigenvalue weighted by atomic mass is 9.96. The Balaban J connectivity index is 1.84. The number of carbonyl (C=O) groups excluding carboxylic acids is 2. The lowest BCUT2D eigenvalue weighted by molar-refractivity contribution is -0.162. The molecule has 38 heavy (non-hydrogen) atoms. The van der Waals surface area contributed by atoms with Crippen LogP contribution in [0.3, 0.4) is 0 Å². The van der Waals surface area contributed by atoms with E-state index in [4.69, 9.17) is 35.3 Å². The molecule has 0 aromatic heterocycles. The van der Waals surface area contributed by atoms with Gasteiger partial charge in [0.15, 0.2) is 23.8 Å². The Labute approximate surface area is 234 Å². The summed E-state index contributed by atoms with van der Waals surface area (Å²) in [7, 11) is 7.61. The number of ether oxygens (including phenoxy) is 5. The number of aliphatic hydroxyl groups is 1. The molecule has 3 saturated heterocycles. The van der Waals surface area contributed by atoms with Gasteiger partial charge in [0.1, 0.15) is 23.4 Å². The van der Waals surface area contributed by atoms with E-state index >= 15 is 0 Å². The molecule has 4 atom stereocenters. The van der Waals surface area contributed by atoms with Crippen molar-refractivity contribution in [1.29, 1.82) is 0 Å². The van der Waals surface area contributed by atoms with Crippen molar-refractivity contribution < 1.29 is 38.4 Å². The minimum atomic E-state index is -1.72. The molecular weight excluding hydrogens is 556 g/mol. The van der Waals surface area contributed by atoms with E-state index in [0.29, 0.717) is 5.75 Å². The van der Waals surface area contributed by atoms with Crippen LogP contribution in [-0.4, -0.2) is 86.0 Å². The molecule has 3 fully saturated rings. The van der Waals surface area contributed by atoms with Crippen LogP contribution in [0.2, 0.25) is 5.02 Å². The molecule has 0 spiro atoms. The predicted octanol–water partition coefficient (Wildman–Crippen LogP) is 3.48. The highest BCUT2D eigenvalue weighted by Crippen LogP contribution is 2.60. The van der Waals surface area contributed by atoms with E-state index < -0.39 is 22.3 Å². The first-order chi connectivity index (χ1) is 18.2. The summed E-state index contributed by atoms with van der Waals surface area (Å²) in [5, 5.41) is 11.4. The summed E-state index contributed by atoms with van der Waals surface area (Å²) < 4.78 is 26.2. The van der Waals surface area contributed by atoms with Crippen molar-refractivity contribution >= 4 is 46.9 Å². The number of aliphatic hydroxyl groups excluding tert-OH is 1. The third-order valence-electron chi connectivity index (χ3n) is 6.34. The summed E-state index contributed by atoms with van der Waals surface area (Å²) in [5.41, 5.74) is 1.07. The number of halogens is 1. The second-order valence-corrected chi connectivity index (χ2v) is 11.8. The van der Waals surface area contributed by atoms with Crippen LogP contribution in [0.4, 0.5) is 0 Å². The van der Waals surface area contributed by atoms with Gasteiger partial charge in [-0.2, -0.15) is 0 Å². The fraction of sp³-hybridized carbons (Fsp3) is 0.440. The summed E-state index contributed by atoms with van der Waals surface area (Å²) in [6, 6.07) is 10.4. The zero-order valence-electron chi connectivity index (χ0n) is 21.5. The Morgan fingerprint density at radius 3 is 2.26 bits per heavy atom. The van der Waals surface area contributed by atoms with Gasteiger partial charge in [0.05, 0.1) is 16.7 Å². The molecule has 2 bridgehead atoms. The molecule has 3 heterocycles. The van der Waals surface area contributed by atoms with Gasteiger partial charge in [-0.05, 0) is 23.8 Å². The molecule has 1 N–H and O–H groups in total. The van der Waals surface area contributed by atoms with Gasteiger partial charge < -0.3 is 38.6 Å². The number of likely N-dealkylation sites (N-methyl/N-ethyl adjacent to an activating group) is 2. The summed E-state index contributed by atoms with van der Waals surface area (Å²) >= 11 is 9.03. The molecule has 2 aromatic carbocycles. The second-order valence-electron chi connectivity index (χ2n) is 8.55. The van der Waals surface area contributed by atoms with Gasteiger partial charge >= 0.3 is 0 Å². The number of benzene rings is 2. The van der Waals surface area contributed by atoms with E-state index in [1.807, 2.05) is 24.3 Å². The molecule has 1 unspecified atom stereocenters. The van der Waals surface area contributed by atoms with Gasteiger partial charge in [-0.3, -0.25) is 9.59 Å². The Morgan fingerprint density at radius 1 is 1.03 bits per heavy atom. The number of hydrogen-bond acceptors (Lipinski definition) is 10. The molecule has 206 valence electrons. The maximum Gasteiger partial charge on any atom is 0.263 e. The molecular formula is C25H29ClN2O8S2. The van der Waals surface area contributed by atoms with Crippen LogP contribution >= 0.6 is 35.1 Å². The van der Waals surface area contributed by atoms with Crippen LogP contribution in [0.15, 0.2) is 36.4 Å². The van der Waals surface area contributed by atoms with Gasteiger partial charge in [0, 0.05) is 39.9 Å². The van der Waals surface area contributed by atoms with Crippen LogP contribution in [0.1, 0.15) is 21.8 Å². The largest absolute Gasteiger partial charge is 0.497 e. The minimum absolute atomic E-state index is 0.0617. The van der Waals surface area contributed by atoms with Crippen molar-refractivity contribution in [2.24, 2.45) is 0 Å².